The second-order valence-electron chi connectivity index (χ2n) is 6.70. The lowest BCUT2D eigenvalue weighted by Gasteiger charge is -2.20. The fourth-order valence-electron chi connectivity index (χ4n) is 3.05. The molecule has 0 spiro atoms. The van der Waals surface area contributed by atoms with Crippen molar-refractivity contribution < 1.29 is 14.6 Å². The summed E-state index contributed by atoms with van der Waals surface area (Å²) in [4.78, 5) is 13.4. The van der Waals surface area contributed by atoms with E-state index in [1.807, 2.05) is 38.4 Å². The maximum Gasteiger partial charge on any atom is 0.338 e. The van der Waals surface area contributed by atoms with Crippen molar-refractivity contribution in [2.45, 2.75) is 32.2 Å². The summed E-state index contributed by atoms with van der Waals surface area (Å²) in [7, 11) is 3.75. The molecule has 2 aromatic rings. The van der Waals surface area contributed by atoms with Crippen LogP contribution in [0.4, 0.5) is 0 Å². The van der Waals surface area contributed by atoms with Gasteiger partial charge in [-0.25, -0.2) is 9.48 Å². The van der Waals surface area contributed by atoms with E-state index < -0.39 is 5.97 Å². The summed E-state index contributed by atoms with van der Waals surface area (Å²) in [5.41, 5.74) is 0.979. The number of carboxylic acids is 1. The highest BCUT2D eigenvalue weighted by Gasteiger charge is 2.19. The Labute approximate surface area is 160 Å². The third-order valence-corrected chi connectivity index (χ3v) is 4.48. The molecule has 1 fully saturated rings. The SMILES string of the molecule is CC1CCCN1CCCOc1ccc(-n2cc(C(=O)O)cn2)cc1.CNC. The summed E-state index contributed by atoms with van der Waals surface area (Å²) >= 11 is 0. The van der Waals surface area contributed by atoms with Gasteiger partial charge < -0.3 is 20.1 Å². The van der Waals surface area contributed by atoms with Gasteiger partial charge >= 0.3 is 5.97 Å². The number of nitrogens with zero attached hydrogens (tertiary/aromatic N) is 3. The number of hydrogen-bond acceptors (Lipinski definition) is 5. The molecule has 1 saturated heterocycles. The summed E-state index contributed by atoms with van der Waals surface area (Å²) < 4.78 is 7.33. The second kappa shape index (κ2) is 10.7. The number of likely N-dealkylation sites (tertiary alicyclic amines) is 1. The molecule has 0 saturated carbocycles. The number of aromatic nitrogens is 2. The van der Waals surface area contributed by atoms with E-state index >= 15 is 0 Å². The van der Waals surface area contributed by atoms with Crippen LogP contribution in [0.2, 0.25) is 0 Å². The Balaban J connectivity index is 0.000000817. The maximum absolute atomic E-state index is 10.9. The van der Waals surface area contributed by atoms with Crippen LogP contribution in [-0.2, 0) is 0 Å². The molecule has 3 rings (SSSR count). The van der Waals surface area contributed by atoms with Crippen molar-refractivity contribution in [1.29, 1.82) is 0 Å². The maximum atomic E-state index is 10.9. The zero-order chi connectivity index (χ0) is 19.6. The topological polar surface area (TPSA) is 79.6 Å². The lowest BCUT2D eigenvalue weighted by atomic mass is 10.2. The molecule has 7 heteroatoms. The molecule has 0 radical (unpaired) electrons. The molecule has 7 nitrogen and oxygen atoms in total. The Morgan fingerprint density at radius 2 is 2.04 bits per heavy atom. The van der Waals surface area contributed by atoms with E-state index in [-0.39, 0.29) is 5.56 Å². The summed E-state index contributed by atoms with van der Waals surface area (Å²) in [6.45, 7) is 5.29. The van der Waals surface area contributed by atoms with Crippen LogP contribution in [0.15, 0.2) is 36.7 Å². The van der Waals surface area contributed by atoms with E-state index in [1.54, 1.807) is 4.68 Å². The van der Waals surface area contributed by atoms with Crippen LogP contribution in [0.5, 0.6) is 5.75 Å². The number of hydrogen-bond donors (Lipinski definition) is 2. The second-order valence-corrected chi connectivity index (χ2v) is 6.70. The Morgan fingerprint density at radius 3 is 2.59 bits per heavy atom. The van der Waals surface area contributed by atoms with Crippen molar-refractivity contribution in [3.63, 3.8) is 0 Å². The van der Waals surface area contributed by atoms with Gasteiger partial charge in [0.05, 0.1) is 24.1 Å². The van der Waals surface area contributed by atoms with Gasteiger partial charge in [-0.1, -0.05) is 0 Å². The Morgan fingerprint density at radius 1 is 1.33 bits per heavy atom. The van der Waals surface area contributed by atoms with Crippen LogP contribution in [0.3, 0.4) is 0 Å². The van der Waals surface area contributed by atoms with Crippen molar-refractivity contribution in [2.75, 3.05) is 33.8 Å². The molecule has 1 aromatic carbocycles. The van der Waals surface area contributed by atoms with Gasteiger partial charge in [-0.2, -0.15) is 5.10 Å². The zero-order valence-corrected chi connectivity index (χ0v) is 16.4. The molecular formula is C20H30N4O3. The first kappa shape index (κ1) is 20.9. The molecule has 148 valence electrons. The smallest absolute Gasteiger partial charge is 0.338 e. The normalized spacial score (nSPS) is 16.6. The summed E-state index contributed by atoms with van der Waals surface area (Å²) in [5, 5.41) is 15.7. The lowest BCUT2D eigenvalue weighted by Crippen LogP contribution is -2.28. The summed E-state index contributed by atoms with van der Waals surface area (Å²) in [6, 6.07) is 8.22. The van der Waals surface area contributed by atoms with E-state index in [0.29, 0.717) is 12.6 Å². The van der Waals surface area contributed by atoms with Gasteiger partial charge in [0.15, 0.2) is 0 Å². The van der Waals surface area contributed by atoms with Crippen LogP contribution < -0.4 is 10.1 Å². The van der Waals surface area contributed by atoms with Crippen LogP contribution >= 0.6 is 0 Å². The van der Waals surface area contributed by atoms with E-state index in [4.69, 9.17) is 9.84 Å². The summed E-state index contributed by atoms with van der Waals surface area (Å²) in [5.74, 6) is -0.160. The third-order valence-electron chi connectivity index (χ3n) is 4.48. The van der Waals surface area contributed by atoms with Gasteiger partial charge in [0.2, 0.25) is 0 Å². The van der Waals surface area contributed by atoms with Crippen molar-refractivity contribution in [3.8, 4) is 11.4 Å². The highest BCUT2D eigenvalue weighted by Crippen LogP contribution is 2.18. The highest BCUT2D eigenvalue weighted by atomic mass is 16.5. The average Bonchev–Trinajstić information content (AvgIpc) is 3.30. The van der Waals surface area contributed by atoms with E-state index in [0.717, 1.165) is 24.4 Å². The number of carbonyl (C=O) groups is 1. The molecule has 1 aliphatic heterocycles. The average molecular weight is 374 g/mol. The quantitative estimate of drug-likeness (QED) is 0.726. The fraction of sp³-hybridized carbons (Fsp3) is 0.500. The fourth-order valence-corrected chi connectivity index (χ4v) is 3.05. The first-order valence-electron chi connectivity index (χ1n) is 9.39. The van der Waals surface area contributed by atoms with Gasteiger partial charge in [-0.3, -0.25) is 0 Å². The minimum absolute atomic E-state index is 0.173. The molecule has 2 N–H and O–H groups in total. The molecule has 2 heterocycles. The number of rotatable bonds is 7. The minimum Gasteiger partial charge on any atom is -0.494 e. The standard InChI is InChI=1S/C18H23N3O3.C2H7N/c1-14-4-2-9-20(14)10-3-11-24-17-7-5-16(6-8-17)21-13-15(12-19-21)18(22)23;1-3-2/h5-8,12-14H,2-4,9-11H2,1H3,(H,22,23);3H,1-2H3. The third kappa shape index (κ3) is 6.37. The van der Waals surface area contributed by atoms with Crippen molar-refractivity contribution in [3.05, 3.63) is 42.2 Å². The predicted molar refractivity (Wildman–Crippen MR) is 106 cm³/mol. The van der Waals surface area contributed by atoms with E-state index in [2.05, 4.69) is 22.2 Å². The molecule has 0 bridgehead atoms. The van der Waals surface area contributed by atoms with Crippen LogP contribution in [0.25, 0.3) is 5.69 Å². The molecular weight excluding hydrogens is 344 g/mol. The molecule has 1 unspecified atom stereocenters. The summed E-state index contributed by atoms with van der Waals surface area (Å²) in [6.07, 6.45) is 6.47. The number of carboxylic acid groups (broad SMARTS) is 1. The molecule has 1 aromatic heterocycles. The Bertz CT molecular complexity index is 700. The van der Waals surface area contributed by atoms with Crippen LogP contribution in [0.1, 0.15) is 36.5 Å². The number of aromatic carboxylic acids is 1. The Hall–Kier alpha value is -2.38. The zero-order valence-electron chi connectivity index (χ0n) is 16.4. The van der Waals surface area contributed by atoms with Gasteiger partial charge in [0, 0.05) is 18.8 Å². The van der Waals surface area contributed by atoms with Gasteiger partial charge in [0.1, 0.15) is 5.75 Å². The van der Waals surface area contributed by atoms with Gasteiger partial charge in [-0.15, -0.1) is 0 Å². The molecule has 0 amide bonds. The van der Waals surface area contributed by atoms with Crippen LogP contribution in [0, 0.1) is 0 Å². The van der Waals surface area contributed by atoms with Crippen molar-refractivity contribution >= 4 is 5.97 Å². The van der Waals surface area contributed by atoms with Gasteiger partial charge in [0.25, 0.3) is 0 Å². The highest BCUT2D eigenvalue weighted by molar-refractivity contribution is 5.86. The first-order valence-corrected chi connectivity index (χ1v) is 9.39. The Kier molecular flexibility index (Phi) is 8.29. The molecule has 1 atom stereocenters. The largest absolute Gasteiger partial charge is 0.494 e. The molecule has 0 aliphatic carbocycles. The molecule has 1 aliphatic rings. The van der Waals surface area contributed by atoms with Crippen LogP contribution in [-0.4, -0.2) is 65.6 Å². The predicted octanol–water partition coefficient (Wildman–Crippen LogP) is 2.66. The number of nitrogens with one attached hydrogen (secondary N) is 1. The van der Waals surface area contributed by atoms with Gasteiger partial charge in [-0.05, 0) is 71.1 Å². The van der Waals surface area contributed by atoms with Crippen molar-refractivity contribution in [2.24, 2.45) is 0 Å². The van der Waals surface area contributed by atoms with E-state index in [9.17, 15) is 4.79 Å². The lowest BCUT2D eigenvalue weighted by molar-refractivity contribution is 0.0697. The number of ether oxygens (including phenoxy) is 1. The van der Waals surface area contributed by atoms with E-state index in [1.165, 1.54) is 31.8 Å². The molecule has 27 heavy (non-hydrogen) atoms. The minimum atomic E-state index is -0.978. The van der Waals surface area contributed by atoms with Crippen molar-refractivity contribution in [1.82, 2.24) is 20.0 Å². The first-order chi connectivity index (χ1) is 13.0. The monoisotopic (exact) mass is 374 g/mol. The number of benzene rings is 1.